The monoisotopic (exact) mass is 306 g/mol. The van der Waals surface area contributed by atoms with Crippen LogP contribution < -0.4 is 5.32 Å². The number of hydrogen-bond donors (Lipinski definition) is 1. The lowest BCUT2D eigenvalue weighted by molar-refractivity contribution is 0.524. The molecule has 0 aliphatic heterocycles. The summed E-state index contributed by atoms with van der Waals surface area (Å²) in [4.78, 5) is 4.18. The van der Waals surface area contributed by atoms with Gasteiger partial charge in [0.25, 0.3) is 0 Å². The van der Waals surface area contributed by atoms with Crippen LogP contribution in [0.15, 0.2) is 36.7 Å². The summed E-state index contributed by atoms with van der Waals surface area (Å²) in [5.41, 5.74) is 3.05. The first-order valence-corrected chi connectivity index (χ1v) is 7.63. The van der Waals surface area contributed by atoms with Gasteiger partial charge in [-0.3, -0.25) is 4.98 Å². The summed E-state index contributed by atoms with van der Waals surface area (Å²) in [6.45, 7) is 4.98. The average Bonchev–Trinajstić information content (AvgIpc) is 2.49. The molecule has 0 amide bonds. The molecule has 112 valence electrons. The van der Waals surface area contributed by atoms with Gasteiger partial charge >= 0.3 is 0 Å². The van der Waals surface area contributed by atoms with Gasteiger partial charge in [0, 0.05) is 23.5 Å². The molecule has 1 heterocycles. The van der Waals surface area contributed by atoms with Crippen LogP contribution in [-0.2, 0) is 12.8 Å². The molecule has 1 atom stereocenters. The number of rotatable bonds is 6. The van der Waals surface area contributed by atoms with Crippen LogP contribution in [0.1, 0.15) is 36.6 Å². The fourth-order valence-corrected chi connectivity index (χ4v) is 2.68. The van der Waals surface area contributed by atoms with Gasteiger partial charge in [-0.2, -0.15) is 0 Å². The molecule has 1 unspecified atom stereocenters. The van der Waals surface area contributed by atoms with Crippen LogP contribution in [0.3, 0.4) is 0 Å². The molecular formula is C17H20ClFN2. The van der Waals surface area contributed by atoms with Crippen LogP contribution in [0.2, 0.25) is 5.02 Å². The smallest absolute Gasteiger partial charge is 0.127 e. The van der Waals surface area contributed by atoms with E-state index in [1.165, 1.54) is 17.2 Å². The van der Waals surface area contributed by atoms with Gasteiger partial charge in [-0.1, -0.05) is 31.5 Å². The minimum absolute atomic E-state index is 0.0728. The molecule has 0 spiro atoms. The van der Waals surface area contributed by atoms with Crippen molar-refractivity contribution in [1.82, 2.24) is 10.3 Å². The Bertz CT molecular complexity index is 601. The lowest BCUT2D eigenvalue weighted by atomic mass is 9.95. The zero-order chi connectivity index (χ0) is 15.2. The topological polar surface area (TPSA) is 24.9 Å². The maximum atomic E-state index is 14.0. The number of aromatic nitrogens is 1. The number of nitrogens with one attached hydrogen (secondary N) is 1. The van der Waals surface area contributed by atoms with Crippen molar-refractivity contribution in [3.8, 4) is 0 Å². The van der Waals surface area contributed by atoms with Gasteiger partial charge in [0.1, 0.15) is 5.82 Å². The average molecular weight is 307 g/mol. The third-order valence-corrected chi connectivity index (χ3v) is 3.82. The van der Waals surface area contributed by atoms with Gasteiger partial charge in [0.2, 0.25) is 0 Å². The normalized spacial score (nSPS) is 12.4. The Kier molecular flexibility index (Phi) is 5.71. The first-order chi connectivity index (χ1) is 10.2. The minimum Gasteiger partial charge on any atom is -0.310 e. The predicted molar refractivity (Wildman–Crippen MR) is 85.1 cm³/mol. The predicted octanol–water partition coefficient (Wildman–Crippen LogP) is 4.33. The van der Waals surface area contributed by atoms with Crippen molar-refractivity contribution in [2.45, 2.75) is 32.7 Å². The van der Waals surface area contributed by atoms with Crippen LogP contribution in [0, 0.1) is 5.82 Å². The van der Waals surface area contributed by atoms with E-state index in [0.29, 0.717) is 17.0 Å². The van der Waals surface area contributed by atoms with E-state index in [0.717, 1.165) is 13.0 Å². The highest BCUT2D eigenvalue weighted by Crippen LogP contribution is 2.24. The molecule has 0 fully saturated rings. The van der Waals surface area contributed by atoms with Crippen molar-refractivity contribution in [3.05, 3.63) is 64.2 Å². The number of aryl methyl sites for hydroxylation is 1. The van der Waals surface area contributed by atoms with Gasteiger partial charge in [0.15, 0.2) is 0 Å². The number of halogens is 2. The van der Waals surface area contributed by atoms with Crippen molar-refractivity contribution in [2.75, 3.05) is 6.54 Å². The molecule has 0 saturated heterocycles. The summed E-state index contributed by atoms with van der Waals surface area (Å²) in [6, 6.07) is 6.95. The molecule has 0 bridgehead atoms. The summed E-state index contributed by atoms with van der Waals surface area (Å²) in [5.74, 6) is -0.252. The largest absolute Gasteiger partial charge is 0.310 e. The molecule has 4 heteroatoms. The molecule has 1 aromatic carbocycles. The van der Waals surface area contributed by atoms with Crippen molar-refractivity contribution in [3.63, 3.8) is 0 Å². The van der Waals surface area contributed by atoms with Crippen LogP contribution >= 0.6 is 11.6 Å². The molecule has 1 aromatic heterocycles. The third-order valence-electron chi connectivity index (χ3n) is 3.59. The van der Waals surface area contributed by atoms with Gasteiger partial charge < -0.3 is 5.32 Å². The Morgan fingerprint density at radius 2 is 2.05 bits per heavy atom. The molecule has 0 saturated carbocycles. The van der Waals surface area contributed by atoms with Crippen LogP contribution in [0.5, 0.6) is 0 Å². The van der Waals surface area contributed by atoms with E-state index in [-0.39, 0.29) is 11.9 Å². The molecule has 0 radical (unpaired) electrons. The summed E-state index contributed by atoms with van der Waals surface area (Å²) in [7, 11) is 0. The Hall–Kier alpha value is -1.45. The van der Waals surface area contributed by atoms with E-state index in [1.54, 1.807) is 18.3 Å². The highest BCUT2D eigenvalue weighted by molar-refractivity contribution is 6.30. The second-order valence-corrected chi connectivity index (χ2v) is 5.41. The SMILES string of the molecule is CCNC(Cc1ccc(Cl)cc1F)c1ccncc1CC. The van der Waals surface area contributed by atoms with Crippen molar-refractivity contribution in [1.29, 1.82) is 0 Å². The van der Waals surface area contributed by atoms with Gasteiger partial charge in [-0.15, -0.1) is 0 Å². The van der Waals surface area contributed by atoms with Crippen molar-refractivity contribution < 1.29 is 4.39 Å². The van der Waals surface area contributed by atoms with Crippen LogP contribution in [0.25, 0.3) is 0 Å². The summed E-state index contributed by atoms with van der Waals surface area (Å²) in [5, 5.41) is 3.86. The summed E-state index contributed by atoms with van der Waals surface area (Å²) in [6.07, 6.45) is 5.18. The first-order valence-electron chi connectivity index (χ1n) is 7.25. The Morgan fingerprint density at radius 1 is 1.24 bits per heavy atom. The molecule has 2 rings (SSSR count). The second kappa shape index (κ2) is 7.53. The van der Waals surface area contributed by atoms with Crippen molar-refractivity contribution >= 4 is 11.6 Å². The maximum absolute atomic E-state index is 14.0. The van der Waals surface area contributed by atoms with E-state index in [1.807, 2.05) is 12.3 Å². The summed E-state index contributed by atoms with van der Waals surface area (Å²) >= 11 is 5.82. The first kappa shape index (κ1) is 15.9. The zero-order valence-corrected chi connectivity index (χ0v) is 13.1. The number of nitrogens with zero attached hydrogens (tertiary/aromatic N) is 1. The van der Waals surface area contributed by atoms with E-state index in [2.05, 4.69) is 24.1 Å². The number of hydrogen-bond acceptors (Lipinski definition) is 2. The van der Waals surface area contributed by atoms with E-state index in [4.69, 9.17) is 11.6 Å². The number of likely N-dealkylation sites (N-methyl/N-ethyl adjacent to an activating group) is 1. The second-order valence-electron chi connectivity index (χ2n) is 4.98. The van der Waals surface area contributed by atoms with E-state index in [9.17, 15) is 4.39 Å². The quantitative estimate of drug-likeness (QED) is 0.859. The molecule has 21 heavy (non-hydrogen) atoms. The third kappa shape index (κ3) is 4.02. The highest BCUT2D eigenvalue weighted by atomic mass is 35.5. The summed E-state index contributed by atoms with van der Waals surface area (Å²) < 4.78 is 14.0. The molecule has 0 aliphatic rings. The Balaban J connectivity index is 2.30. The molecule has 2 nitrogen and oxygen atoms in total. The van der Waals surface area contributed by atoms with E-state index >= 15 is 0 Å². The minimum atomic E-state index is -0.252. The lowest BCUT2D eigenvalue weighted by Crippen LogP contribution is -2.24. The Morgan fingerprint density at radius 3 is 2.71 bits per heavy atom. The fraction of sp³-hybridized carbons (Fsp3) is 0.353. The highest BCUT2D eigenvalue weighted by Gasteiger charge is 2.16. The van der Waals surface area contributed by atoms with Gasteiger partial charge in [-0.05, 0) is 54.3 Å². The Labute approximate surface area is 130 Å². The molecule has 0 aliphatic carbocycles. The standard InChI is InChI=1S/C17H20ClFN2/c1-3-12-11-20-8-7-15(12)17(21-4-2)9-13-5-6-14(18)10-16(13)19/h5-8,10-11,17,21H,3-4,9H2,1-2H3. The van der Waals surface area contributed by atoms with Gasteiger partial charge in [-0.25, -0.2) is 4.39 Å². The molecular weight excluding hydrogens is 287 g/mol. The van der Waals surface area contributed by atoms with E-state index < -0.39 is 0 Å². The number of benzene rings is 1. The molecule has 1 N–H and O–H groups in total. The fourth-order valence-electron chi connectivity index (χ4n) is 2.52. The zero-order valence-electron chi connectivity index (χ0n) is 12.4. The van der Waals surface area contributed by atoms with Crippen LogP contribution in [-0.4, -0.2) is 11.5 Å². The maximum Gasteiger partial charge on any atom is 0.127 e. The molecule has 2 aromatic rings. The van der Waals surface area contributed by atoms with Crippen LogP contribution in [0.4, 0.5) is 4.39 Å². The lowest BCUT2D eigenvalue weighted by Gasteiger charge is -2.21. The van der Waals surface area contributed by atoms with Gasteiger partial charge in [0.05, 0.1) is 0 Å². The van der Waals surface area contributed by atoms with Crippen molar-refractivity contribution in [2.24, 2.45) is 0 Å². The number of pyridine rings is 1.